The smallest absolute Gasteiger partial charge is 0.328 e. The zero-order chi connectivity index (χ0) is 25.8. The van der Waals surface area contributed by atoms with Crippen LogP contribution in [0.2, 0.25) is 0 Å². The maximum absolute atomic E-state index is 13.1. The summed E-state index contributed by atoms with van der Waals surface area (Å²) in [5.41, 5.74) is 6.70. The van der Waals surface area contributed by atoms with E-state index >= 15 is 0 Å². The number of carboxylic acids is 1. The Hall–Kier alpha value is -2.98. The van der Waals surface area contributed by atoms with Crippen LogP contribution < -0.4 is 21.7 Å². The number of carbonyl (C=O) groups is 4. The van der Waals surface area contributed by atoms with Gasteiger partial charge in [0.2, 0.25) is 17.7 Å². The standard InChI is InChI=1S/C24H38N4O6/c1-14(2)10-17(25)21(30)26-18(11-15(3)4)22(31)27-19(12-16-8-6-5-7-9-16)23(32)28-20(13-29)24(33)34/h5-9,14-15,17-20,29H,10-13,25H2,1-4H3,(H,26,30)(H,27,31)(H,28,32)(H,33,34). The normalized spacial score (nSPS) is 14.7. The summed E-state index contributed by atoms with van der Waals surface area (Å²) in [5, 5.41) is 26.0. The number of hydrogen-bond acceptors (Lipinski definition) is 6. The number of carboxylic acid groups (broad SMARTS) is 1. The van der Waals surface area contributed by atoms with Gasteiger partial charge in [-0.25, -0.2) is 4.79 Å². The molecule has 0 aliphatic rings. The van der Waals surface area contributed by atoms with E-state index in [0.717, 1.165) is 5.56 Å². The molecule has 10 nitrogen and oxygen atoms in total. The highest BCUT2D eigenvalue weighted by Crippen LogP contribution is 2.10. The Bertz CT molecular complexity index is 815. The van der Waals surface area contributed by atoms with Gasteiger partial charge in [-0.2, -0.15) is 0 Å². The van der Waals surface area contributed by atoms with Crippen molar-refractivity contribution in [3.63, 3.8) is 0 Å². The fourth-order valence-corrected chi connectivity index (χ4v) is 3.39. The molecule has 0 aliphatic heterocycles. The quantitative estimate of drug-likeness (QED) is 0.221. The number of aliphatic hydroxyl groups is 1. The first-order valence-corrected chi connectivity index (χ1v) is 11.5. The van der Waals surface area contributed by atoms with Crippen LogP contribution in [0.15, 0.2) is 30.3 Å². The summed E-state index contributed by atoms with van der Waals surface area (Å²) in [4.78, 5) is 49.8. The van der Waals surface area contributed by atoms with Crippen molar-refractivity contribution in [2.45, 2.75) is 71.1 Å². The summed E-state index contributed by atoms with van der Waals surface area (Å²) in [6, 6.07) is 4.56. The van der Waals surface area contributed by atoms with Crippen LogP contribution in [0.3, 0.4) is 0 Å². The van der Waals surface area contributed by atoms with Crippen LogP contribution in [0.4, 0.5) is 0 Å². The predicted molar refractivity (Wildman–Crippen MR) is 128 cm³/mol. The minimum atomic E-state index is -1.51. The number of amides is 3. The van der Waals surface area contributed by atoms with Gasteiger partial charge in [0.15, 0.2) is 0 Å². The molecule has 0 aliphatic carbocycles. The first kappa shape index (κ1) is 29.1. The van der Waals surface area contributed by atoms with Gasteiger partial charge in [-0.15, -0.1) is 0 Å². The molecule has 0 bridgehead atoms. The van der Waals surface area contributed by atoms with E-state index in [9.17, 15) is 24.3 Å². The third-order valence-corrected chi connectivity index (χ3v) is 5.11. The van der Waals surface area contributed by atoms with E-state index < -0.39 is 54.5 Å². The van der Waals surface area contributed by atoms with Crippen LogP contribution in [-0.4, -0.2) is 64.7 Å². The fraction of sp³-hybridized carbons (Fsp3) is 0.583. The second-order valence-electron chi connectivity index (χ2n) is 9.26. The van der Waals surface area contributed by atoms with Crippen LogP contribution in [-0.2, 0) is 25.6 Å². The number of carbonyl (C=O) groups excluding carboxylic acids is 3. The molecule has 3 amide bonds. The molecule has 0 saturated heterocycles. The van der Waals surface area contributed by atoms with Gasteiger partial charge in [-0.1, -0.05) is 58.0 Å². The van der Waals surface area contributed by atoms with Crippen LogP contribution >= 0.6 is 0 Å². The van der Waals surface area contributed by atoms with Crippen LogP contribution in [0.25, 0.3) is 0 Å². The van der Waals surface area contributed by atoms with Crippen molar-refractivity contribution in [3.8, 4) is 0 Å². The van der Waals surface area contributed by atoms with Crippen LogP contribution in [0.5, 0.6) is 0 Å². The summed E-state index contributed by atoms with van der Waals surface area (Å²) >= 11 is 0. The second-order valence-corrected chi connectivity index (χ2v) is 9.26. The van der Waals surface area contributed by atoms with Gasteiger partial charge in [0.1, 0.15) is 18.1 Å². The largest absolute Gasteiger partial charge is 0.480 e. The molecule has 190 valence electrons. The Labute approximate surface area is 200 Å². The minimum Gasteiger partial charge on any atom is -0.480 e. The maximum Gasteiger partial charge on any atom is 0.328 e. The lowest BCUT2D eigenvalue weighted by Crippen LogP contribution is -2.58. The molecule has 0 radical (unpaired) electrons. The Morgan fingerprint density at radius 2 is 1.29 bits per heavy atom. The van der Waals surface area contributed by atoms with Crippen molar-refractivity contribution in [3.05, 3.63) is 35.9 Å². The molecular weight excluding hydrogens is 440 g/mol. The third kappa shape index (κ3) is 10.3. The number of aliphatic hydroxyl groups excluding tert-OH is 1. The monoisotopic (exact) mass is 478 g/mol. The van der Waals surface area contributed by atoms with Crippen LogP contribution in [0.1, 0.15) is 46.1 Å². The van der Waals surface area contributed by atoms with Crippen molar-refractivity contribution < 1.29 is 29.4 Å². The maximum atomic E-state index is 13.1. The molecule has 34 heavy (non-hydrogen) atoms. The van der Waals surface area contributed by atoms with Gasteiger partial charge < -0.3 is 31.9 Å². The van der Waals surface area contributed by atoms with E-state index in [4.69, 9.17) is 10.8 Å². The lowest BCUT2D eigenvalue weighted by molar-refractivity contribution is -0.143. The van der Waals surface area contributed by atoms with E-state index in [2.05, 4.69) is 16.0 Å². The SMILES string of the molecule is CC(C)CC(N)C(=O)NC(CC(C)C)C(=O)NC(Cc1ccccc1)C(=O)NC(CO)C(=O)O. The van der Waals surface area contributed by atoms with Crippen molar-refractivity contribution in [1.82, 2.24) is 16.0 Å². The molecule has 10 heteroatoms. The van der Waals surface area contributed by atoms with Crippen molar-refractivity contribution in [2.24, 2.45) is 17.6 Å². The molecule has 0 saturated carbocycles. The Morgan fingerprint density at radius 1 is 0.794 bits per heavy atom. The van der Waals surface area contributed by atoms with Crippen molar-refractivity contribution in [2.75, 3.05) is 6.61 Å². The predicted octanol–water partition coefficient (Wildman–Crippen LogP) is 0.180. The molecule has 0 spiro atoms. The van der Waals surface area contributed by atoms with Crippen LogP contribution in [0, 0.1) is 11.8 Å². The number of nitrogens with one attached hydrogen (secondary N) is 3. The summed E-state index contributed by atoms with van der Waals surface area (Å²) in [6.45, 7) is 6.87. The van der Waals surface area contributed by atoms with E-state index in [1.54, 1.807) is 30.3 Å². The number of benzene rings is 1. The molecule has 4 unspecified atom stereocenters. The lowest BCUT2D eigenvalue weighted by Gasteiger charge is -2.26. The first-order chi connectivity index (χ1) is 15.9. The summed E-state index contributed by atoms with van der Waals surface area (Å²) < 4.78 is 0. The first-order valence-electron chi connectivity index (χ1n) is 11.5. The molecular formula is C24H38N4O6. The molecule has 1 rings (SSSR count). The third-order valence-electron chi connectivity index (χ3n) is 5.11. The second kappa shape index (κ2) is 14.3. The van der Waals surface area contributed by atoms with Gasteiger partial charge in [-0.3, -0.25) is 14.4 Å². The minimum absolute atomic E-state index is 0.0598. The number of hydrogen-bond donors (Lipinski definition) is 6. The molecule has 1 aromatic rings. The lowest BCUT2D eigenvalue weighted by atomic mass is 9.99. The van der Waals surface area contributed by atoms with Gasteiger partial charge in [0.25, 0.3) is 0 Å². The average Bonchev–Trinajstić information content (AvgIpc) is 2.75. The Balaban J connectivity index is 3.07. The molecule has 0 aromatic heterocycles. The highest BCUT2D eigenvalue weighted by Gasteiger charge is 2.30. The van der Waals surface area contributed by atoms with E-state index in [-0.39, 0.29) is 18.3 Å². The molecule has 0 heterocycles. The zero-order valence-electron chi connectivity index (χ0n) is 20.3. The molecule has 1 aromatic carbocycles. The van der Waals surface area contributed by atoms with Gasteiger partial charge in [-0.05, 0) is 30.2 Å². The van der Waals surface area contributed by atoms with Crippen molar-refractivity contribution >= 4 is 23.7 Å². The van der Waals surface area contributed by atoms with Gasteiger partial charge in [0, 0.05) is 6.42 Å². The summed E-state index contributed by atoms with van der Waals surface area (Å²) in [7, 11) is 0. The average molecular weight is 479 g/mol. The number of rotatable bonds is 14. The number of aliphatic carboxylic acids is 1. The zero-order valence-corrected chi connectivity index (χ0v) is 20.3. The fourth-order valence-electron chi connectivity index (χ4n) is 3.39. The van der Waals surface area contributed by atoms with Crippen molar-refractivity contribution in [1.29, 1.82) is 0 Å². The highest BCUT2D eigenvalue weighted by atomic mass is 16.4. The van der Waals surface area contributed by atoms with Gasteiger partial charge >= 0.3 is 5.97 Å². The summed E-state index contributed by atoms with van der Waals surface area (Å²) in [6.07, 6.45) is 0.865. The number of nitrogens with two attached hydrogens (primary N) is 1. The molecule has 0 fully saturated rings. The van der Waals surface area contributed by atoms with Gasteiger partial charge in [0.05, 0.1) is 12.6 Å². The molecule has 4 atom stereocenters. The van der Waals surface area contributed by atoms with E-state index in [1.165, 1.54) is 0 Å². The topological polar surface area (TPSA) is 171 Å². The highest BCUT2D eigenvalue weighted by molar-refractivity contribution is 5.94. The summed E-state index contributed by atoms with van der Waals surface area (Å²) in [5.74, 6) is -2.93. The Morgan fingerprint density at radius 3 is 1.79 bits per heavy atom. The van der Waals surface area contributed by atoms with E-state index in [1.807, 2.05) is 27.7 Å². The van der Waals surface area contributed by atoms with E-state index in [0.29, 0.717) is 12.8 Å². The molecule has 7 N–H and O–H groups in total. The Kier molecular flexibility index (Phi) is 12.2.